The van der Waals surface area contributed by atoms with Crippen LogP contribution in [0, 0.1) is 0 Å². The SMILES string of the molecule is COc1cc2c(cc1OC)CN(C(=O)C(c1ccccc1)n1cnnn1)CC2. The van der Waals surface area contributed by atoms with Gasteiger partial charge in [-0.1, -0.05) is 30.3 Å². The summed E-state index contributed by atoms with van der Waals surface area (Å²) in [7, 11) is 3.23. The number of carbonyl (C=O) groups excluding carboxylic acids is 1. The van der Waals surface area contributed by atoms with Gasteiger partial charge in [0.15, 0.2) is 17.5 Å². The number of nitrogens with zero attached hydrogens (tertiary/aromatic N) is 5. The second-order valence-corrected chi connectivity index (χ2v) is 6.59. The van der Waals surface area contributed by atoms with Crippen LogP contribution >= 0.6 is 0 Å². The largest absolute Gasteiger partial charge is 0.493 e. The number of hydrogen-bond donors (Lipinski definition) is 0. The lowest BCUT2D eigenvalue weighted by Gasteiger charge is -2.32. The Kier molecular flexibility index (Phi) is 4.92. The van der Waals surface area contributed by atoms with Crippen molar-refractivity contribution in [1.29, 1.82) is 0 Å². The highest BCUT2D eigenvalue weighted by Crippen LogP contribution is 2.34. The van der Waals surface area contributed by atoms with E-state index >= 15 is 0 Å². The average molecular weight is 379 g/mol. The smallest absolute Gasteiger partial charge is 0.252 e. The lowest BCUT2D eigenvalue weighted by Crippen LogP contribution is -2.41. The van der Waals surface area contributed by atoms with E-state index in [4.69, 9.17) is 9.47 Å². The number of benzene rings is 2. The maximum absolute atomic E-state index is 13.4. The molecule has 0 aliphatic carbocycles. The fourth-order valence-corrected chi connectivity index (χ4v) is 3.57. The van der Waals surface area contributed by atoms with Crippen LogP contribution in [0.1, 0.15) is 22.7 Å². The van der Waals surface area contributed by atoms with Gasteiger partial charge in [-0.05, 0) is 45.7 Å². The van der Waals surface area contributed by atoms with Crippen LogP contribution < -0.4 is 9.47 Å². The van der Waals surface area contributed by atoms with E-state index in [1.807, 2.05) is 47.4 Å². The molecule has 0 saturated carbocycles. The molecule has 0 fully saturated rings. The van der Waals surface area contributed by atoms with E-state index in [0.717, 1.165) is 17.5 Å². The normalized spacial score (nSPS) is 14.3. The van der Waals surface area contributed by atoms with Gasteiger partial charge in [-0.15, -0.1) is 5.10 Å². The van der Waals surface area contributed by atoms with E-state index < -0.39 is 6.04 Å². The minimum atomic E-state index is -0.599. The van der Waals surface area contributed by atoms with Crippen molar-refractivity contribution in [3.63, 3.8) is 0 Å². The van der Waals surface area contributed by atoms with Crippen molar-refractivity contribution >= 4 is 5.91 Å². The molecule has 1 aromatic heterocycles. The van der Waals surface area contributed by atoms with Crippen molar-refractivity contribution in [2.45, 2.75) is 19.0 Å². The molecule has 1 atom stereocenters. The number of ether oxygens (including phenoxy) is 2. The molecule has 3 aromatic rings. The molecule has 144 valence electrons. The number of tetrazole rings is 1. The maximum atomic E-state index is 13.4. The van der Waals surface area contributed by atoms with Gasteiger partial charge in [0.2, 0.25) is 0 Å². The number of carbonyl (C=O) groups is 1. The highest BCUT2D eigenvalue weighted by atomic mass is 16.5. The summed E-state index contributed by atoms with van der Waals surface area (Å²) in [6, 6.07) is 12.9. The summed E-state index contributed by atoms with van der Waals surface area (Å²) < 4.78 is 12.3. The number of fused-ring (bicyclic) bond motifs is 1. The topological polar surface area (TPSA) is 82.4 Å². The zero-order valence-electron chi connectivity index (χ0n) is 15.8. The molecule has 1 aliphatic rings. The van der Waals surface area contributed by atoms with E-state index in [1.165, 1.54) is 16.6 Å². The first kappa shape index (κ1) is 18.0. The fourth-order valence-electron chi connectivity index (χ4n) is 3.57. The molecule has 1 aliphatic heterocycles. The molecule has 1 amide bonds. The molecule has 0 bridgehead atoms. The van der Waals surface area contributed by atoms with Crippen LogP contribution in [0.25, 0.3) is 0 Å². The summed E-state index contributed by atoms with van der Waals surface area (Å²) in [4.78, 5) is 15.3. The highest BCUT2D eigenvalue weighted by molar-refractivity contribution is 5.84. The summed E-state index contributed by atoms with van der Waals surface area (Å²) in [5, 5.41) is 11.4. The lowest BCUT2D eigenvalue weighted by molar-refractivity contribution is -0.134. The summed E-state index contributed by atoms with van der Waals surface area (Å²) in [5.74, 6) is 1.33. The Morgan fingerprint density at radius 3 is 2.43 bits per heavy atom. The highest BCUT2D eigenvalue weighted by Gasteiger charge is 2.31. The molecule has 1 unspecified atom stereocenters. The first-order chi connectivity index (χ1) is 13.7. The molecule has 0 N–H and O–H groups in total. The second kappa shape index (κ2) is 7.67. The first-order valence-electron chi connectivity index (χ1n) is 9.01. The van der Waals surface area contributed by atoms with Crippen LogP contribution in [0.2, 0.25) is 0 Å². The minimum absolute atomic E-state index is 0.0427. The van der Waals surface area contributed by atoms with E-state index in [1.54, 1.807) is 14.2 Å². The minimum Gasteiger partial charge on any atom is -0.493 e. The van der Waals surface area contributed by atoms with Crippen molar-refractivity contribution < 1.29 is 14.3 Å². The monoisotopic (exact) mass is 379 g/mol. The van der Waals surface area contributed by atoms with Gasteiger partial charge in [0.25, 0.3) is 5.91 Å². The summed E-state index contributed by atoms with van der Waals surface area (Å²) >= 11 is 0. The van der Waals surface area contributed by atoms with E-state index in [2.05, 4.69) is 15.5 Å². The molecule has 28 heavy (non-hydrogen) atoms. The van der Waals surface area contributed by atoms with E-state index in [-0.39, 0.29) is 5.91 Å². The molecular weight excluding hydrogens is 358 g/mol. The quantitative estimate of drug-likeness (QED) is 0.673. The molecule has 2 heterocycles. The summed E-state index contributed by atoms with van der Waals surface area (Å²) in [6.45, 7) is 1.12. The second-order valence-electron chi connectivity index (χ2n) is 6.59. The van der Waals surface area contributed by atoms with Crippen molar-refractivity contribution in [2.75, 3.05) is 20.8 Å². The van der Waals surface area contributed by atoms with Crippen LogP contribution in [-0.2, 0) is 17.8 Å². The van der Waals surface area contributed by atoms with Crippen LogP contribution in [0.5, 0.6) is 11.5 Å². The number of hydrogen-bond acceptors (Lipinski definition) is 6. The maximum Gasteiger partial charge on any atom is 0.252 e. The Bertz CT molecular complexity index is 959. The lowest BCUT2D eigenvalue weighted by atomic mass is 9.97. The molecule has 8 heteroatoms. The van der Waals surface area contributed by atoms with E-state index in [0.29, 0.717) is 24.6 Å². The predicted octanol–water partition coefficient (Wildman–Crippen LogP) is 1.86. The van der Waals surface area contributed by atoms with Gasteiger partial charge >= 0.3 is 0 Å². The molecule has 0 radical (unpaired) electrons. The molecule has 4 rings (SSSR count). The van der Waals surface area contributed by atoms with Gasteiger partial charge in [-0.3, -0.25) is 4.79 Å². The predicted molar refractivity (Wildman–Crippen MR) is 101 cm³/mol. The summed E-state index contributed by atoms with van der Waals surface area (Å²) in [6.07, 6.45) is 2.22. The number of rotatable bonds is 5. The Labute approximate surface area is 162 Å². The molecule has 8 nitrogen and oxygen atoms in total. The van der Waals surface area contributed by atoms with E-state index in [9.17, 15) is 4.79 Å². The van der Waals surface area contributed by atoms with Gasteiger partial charge in [0.05, 0.1) is 14.2 Å². The number of aromatic nitrogens is 4. The molecule has 0 spiro atoms. The zero-order chi connectivity index (χ0) is 19.5. The zero-order valence-corrected chi connectivity index (χ0v) is 15.8. The third-order valence-corrected chi connectivity index (χ3v) is 5.01. The van der Waals surface area contributed by atoms with Crippen LogP contribution in [0.4, 0.5) is 0 Å². The number of amides is 1. The van der Waals surface area contributed by atoms with Crippen LogP contribution in [0.3, 0.4) is 0 Å². The van der Waals surface area contributed by atoms with Crippen molar-refractivity contribution in [3.05, 3.63) is 65.5 Å². The fraction of sp³-hybridized carbons (Fsp3) is 0.300. The third-order valence-electron chi connectivity index (χ3n) is 5.01. The Morgan fingerprint density at radius 2 is 1.79 bits per heavy atom. The van der Waals surface area contributed by atoms with Gasteiger partial charge < -0.3 is 14.4 Å². The van der Waals surface area contributed by atoms with Gasteiger partial charge in [0, 0.05) is 13.1 Å². The third kappa shape index (κ3) is 3.28. The molecular formula is C20H21N5O3. The average Bonchev–Trinajstić information content (AvgIpc) is 3.27. The van der Waals surface area contributed by atoms with Crippen molar-refractivity contribution in [2.24, 2.45) is 0 Å². The molecule has 2 aromatic carbocycles. The Balaban J connectivity index is 1.64. The summed E-state index contributed by atoms with van der Waals surface area (Å²) in [5.41, 5.74) is 3.07. The van der Waals surface area contributed by atoms with Crippen molar-refractivity contribution in [1.82, 2.24) is 25.1 Å². The Morgan fingerprint density at radius 1 is 1.07 bits per heavy atom. The molecule has 0 saturated heterocycles. The first-order valence-corrected chi connectivity index (χ1v) is 9.01. The van der Waals surface area contributed by atoms with Crippen molar-refractivity contribution in [3.8, 4) is 11.5 Å². The van der Waals surface area contributed by atoms with Gasteiger partial charge in [-0.2, -0.15) is 0 Å². The van der Waals surface area contributed by atoms with Crippen LogP contribution in [-0.4, -0.2) is 51.8 Å². The van der Waals surface area contributed by atoms with Crippen LogP contribution in [0.15, 0.2) is 48.8 Å². The Hall–Kier alpha value is -3.42. The number of methoxy groups -OCH3 is 2. The van der Waals surface area contributed by atoms with Gasteiger partial charge in [-0.25, -0.2) is 4.68 Å². The standard InChI is InChI=1S/C20H21N5O3/c1-27-17-10-15-8-9-24(12-16(15)11-18(17)28-2)20(26)19(25-13-21-22-23-25)14-6-4-3-5-7-14/h3-7,10-11,13,19H,8-9,12H2,1-2H3. The van der Waals surface area contributed by atoms with Gasteiger partial charge in [0.1, 0.15) is 6.33 Å².